The van der Waals surface area contributed by atoms with Crippen LogP contribution in [0, 0.1) is 0 Å². The summed E-state index contributed by atoms with van der Waals surface area (Å²) in [7, 11) is -3.55. The largest absolute Gasteiger partial charge is 0.267 e. The van der Waals surface area contributed by atoms with Crippen molar-refractivity contribution in [3.8, 4) is 0 Å². The molecule has 0 N–H and O–H groups in total. The van der Waals surface area contributed by atoms with Gasteiger partial charge in [0.25, 0.3) is 10.0 Å². The van der Waals surface area contributed by atoms with Crippen molar-refractivity contribution < 1.29 is 13.3 Å². The number of nitrogens with zero attached hydrogens (tertiary/aromatic N) is 1. The molecule has 0 radical (unpaired) electrons. The van der Waals surface area contributed by atoms with Crippen molar-refractivity contribution in [2.45, 2.75) is 11.1 Å². The number of sulfonamides is 1. The molecule has 4 nitrogen and oxygen atoms in total. The van der Waals surface area contributed by atoms with E-state index in [0.29, 0.717) is 0 Å². The molecule has 0 aliphatic carbocycles. The highest BCUT2D eigenvalue weighted by Crippen LogP contribution is 2.41. The second-order valence-corrected chi connectivity index (χ2v) is 5.72. The molecular formula is C13H11NO3S. The van der Waals surface area contributed by atoms with E-state index in [2.05, 4.69) is 0 Å². The summed E-state index contributed by atoms with van der Waals surface area (Å²) in [5, 5.41) is 0. The van der Waals surface area contributed by atoms with Crippen LogP contribution < -0.4 is 0 Å². The second-order valence-electron chi connectivity index (χ2n) is 3.94. The summed E-state index contributed by atoms with van der Waals surface area (Å²) in [6.07, 6.45) is -0.503. The van der Waals surface area contributed by atoms with Gasteiger partial charge >= 0.3 is 0 Å². The molecule has 0 amide bonds. The highest BCUT2D eigenvalue weighted by atomic mass is 32.2. The molecule has 0 spiro atoms. The average Bonchev–Trinajstić information content (AvgIpc) is 3.22. The first-order chi connectivity index (χ1) is 8.69. The molecule has 1 aliphatic heterocycles. The van der Waals surface area contributed by atoms with Gasteiger partial charge in [-0.1, -0.05) is 48.5 Å². The first-order valence-corrected chi connectivity index (χ1v) is 6.95. The van der Waals surface area contributed by atoms with Crippen LogP contribution in [-0.4, -0.2) is 12.9 Å². The van der Waals surface area contributed by atoms with Gasteiger partial charge in [-0.25, -0.2) is 8.42 Å². The van der Waals surface area contributed by atoms with E-state index < -0.39 is 16.3 Å². The van der Waals surface area contributed by atoms with Gasteiger partial charge in [-0.15, -0.1) is 0 Å². The van der Waals surface area contributed by atoms with Gasteiger partial charge in [0, 0.05) is 5.56 Å². The van der Waals surface area contributed by atoms with E-state index in [9.17, 15) is 8.42 Å². The lowest BCUT2D eigenvalue weighted by molar-refractivity contribution is 0.283. The molecule has 0 bridgehead atoms. The van der Waals surface area contributed by atoms with E-state index in [1.54, 1.807) is 30.3 Å². The van der Waals surface area contributed by atoms with Gasteiger partial charge < -0.3 is 0 Å². The van der Waals surface area contributed by atoms with Crippen molar-refractivity contribution in [3.63, 3.8) is 0 Å². The maximum absolute atomic E-state index is 12.2. The molecule has 1 heterocycles. The van der Waals surface area contributed by atoms with E-state index in [0.717, 1.165) is 10.0 Å². The molecule has 2 aromatic carbocycles. The fourth-order valence-electron chi connectivity index (χ4n) is 1.75. The summed E-state index contributed by atoms with van der Waals surface area (Å²) in [5.74, 6) is 0. The van der Waals surface area contributed by atoms with Crippen LogP contribution in [0.25, 0.3) is 0 Å². The number of benzene rings is 2. The van der Waals surface area contributed by atoms with E-state index >= 15 is 0 Å². The van der Waals surface area contributed by atoms with Crippen LogP contribution in [0.5, 0.6) is 0 Å². The van der Waals surface area contributed by atoms with Crippen LogP contribution in [-0.2, 0) is 14.9 Å². The Hall–Kier alpha value is -1.69. The molecule has 0 aromatic heterocycles. The van der Waals surface area contributed by atoms with Gasteiger partial charge in [0.15, 0.2) is 6.23 Å². The van der Waals surface area contributed by atoms with Crippen molar-refractivity contribution in [2.24, 2.45) is 0 Å². The van der Waals surface area contributed by atoms with E-state index in [1.165, 1.54) is 0 Å². The third-order valence-electron chi connectivity index (χ3n) is 2.71. The summed E-state index contributed by atoms with van der Waals surface area (Å²) < 4.78 is 25.4. The molecule has 1 saturated heterocycles. The minimum atomic E-state index is -3.55. The van der Waals surface area contributed by atoms with Crippen LogP contribution in [0.15, 0.2) is 65.6 Å². The smallest absolute Gasteiger partial charge is 0.253 e. The van der Waals surface area contributed by atoms with Crippen molar-refractivity contribution >= 4 is 10.0 Å². The molecule has 3 rings (SSSR count). The van der Waals surface area contributed by atoms with Crippen LogP contribution in [0.1, 0.15) is 11.8 Å². The maximum Gasteiger partial charge on any atom is 0.267 e. The predicted octanol–water partition coefficient (Wildman–Crippen LogP) is 2.32. The van der Waals surface area contributed by atoms with Crippen LogP contribution in [0.4, 0.5) is 0 Å². The van der Waals surface area contributed by atoms with Crippen LogP contribution in [0.2, 0.25) is 0 Å². The summed E-state index contributed by atoms with van der Waals surface area (Å²) in [6.45, 7) is 0. The van der Waals surface area contributed by atoms with Gasteiger partial charge in [0.05, 0.1) is 4.90 Å². The molecule has 1 aliphatic rings. The maximum atomic E-state index is 12.2. The van der Waals surface area contributed by atoms with Crippen molar-refractivity contribution in [2.75, 3.05) is 0 Å². The molecule has 1 fully saturated rings. The predicted molar refractivity (Wildman–Crippen MR) is 65.7 cm³/mol. The minimum Gasteiger partial charge on any atom is -0.253 e. The third-order valence-corrected chi connectivity index (χ3v) is 4.33. The fourth-order valence-corrected chi connectivity index (χ4v) is 3.03. The molecule has 0 saturated carbocycles. The molecule has 1 unspecified atom stereocenters. The Bertz CT molecular complexity index is 640. The highest BCUT2D eigenvalue weighted by molar-refractivity contribution is 7.89. The zero-order chi connectivity index (χ0) is 12.6. The Labute approximate surface area is 105 Å². The first-order valence-electron chi connectivity index (χ1n) is 5.51. The summed E-state index contributed by atoms with van der Waals surface area (Å²) >= 11 is 0. The van der Waals surface area contributed by atoms with Gasteiger partial charge in [0.2, 0.25) is 0 Å². The van der Waals surface area contributed by atoms with Gasteiger partial charge in [0.1, 0.15) is 0 Å². The SMILES string of the molecule is O=S(=O)(c1ccccc1)[N@]1OC1c1ccccc1. The van der Waals surface area contributed by atoms with Crippen LogP contribution >= 0.6 is 0 Å². The van der Waals surface area contributed by atoms with Crippen molar-refractivity contribution in [1.82, 2.24) is 4.47 Å². The zero-order valence-electron chi connectivity index (χ0n) is 9.43. The molecule has 2 atom stereocenters. The lowest BCUT2D eigenvalue weighted by atomic mass is 10.2. The van der Waals surface area contributed by atoms with E-state index in [-0.39, 0.29) is 4.90 Å². The molecular weight excluding hydrogens is 250 g/mol. The number of hydrogen-bond acceptors (Lipinski definition) is 3. The average molecular weight is 261 g/mol. The molecule has 18 heavy (non-hydrogen) atoms. The number of rotatable bonds is 3. The Morgan fingerprint density at radius 1 is 0.889 bits per heavy atom. The van der Waals surface area contributed by atoms with Crippen molar-refractivity contribution in [1.29, 1.82) is 0 Å². The van der Waals surface area contributed by atoms with Gasteiger partial charge in [-0.05, 0) is 16.6 Å². The van der Waals surface area contributed by atoms with Gasteiger partial charge in [-0.3, -0.25) is 4.84 Å². The Morgan fingerprint density at radius 3 is 2.06 bits per heavy atom. The first kappa shape index (κ1) is 11.4. The lowest BCUT2D eigenvalue weighted by Gasteiger charge is -2.01. The fraction of sp³-hybridized carbons (Fsp3) is 0.0769. The van der Waals surface area contributed by atoms with Gasteiger partial charge in [-0.2, -0.15) is 0 Å². The third kappa shape index (κ3) is 1.92. The second kappa shape index (κ2) is 4.20. The van der Waals surface area contributed by atoms with Crippen molar-refractivity contribution in [3.05, 3.63) is 66.2 Å². The van der Waals surface area contributed by atoms with E-state index in [1.807, 2.05) is 30.3 Å². The summed E-state index contributed by atoms with van der Waals surface area (Å²) in [4.78, 5) is 5.41. The topological polar surface area (TPSA) is 49.7 Å². The Kier molecular flexibility index (Phi) is 2.66. The summed E-state index contributed by atoms with van der Waals surface area (Å²) in [5.41, 5.74) is 0.831. The number of hydrogen-bond donors (Lipinski definition) is 0. The Morgan fingerprint density at radius 2 is 1.44 bits per heavy atom. The quantitative estimate of drug-likeness (QED) is 0.797. The highest BCUT2D eigenvalue weighted by Gasteiger charge is 2.48. The Balaban J connectivity index is 1.87. The molecule has 92 valence electrons. The minimum absolute atomic E-state index is 0.239. The zero-order valence-corrected chi connectivity index (χ0v) is 10.2. The molecule has 5 heteroatoms. The molecule has 2 aromatic rings. The van der Waals surface area contributed by atoms with E-state index in [4.69, 9.17) is 4.84 Å². The number of hydroxylamine groups is 1. The lowest BCUT2D eigenvalue weighted by Crippen LogP contribution is -2.12. The monoisotopic (exact) mass is 261 g/mol. The van der Waals surface area contributed by atoms with Crippen LogP contribution in [0.3, 0.4) is 0 Å². The normalized spacial score (nSPS) is 22.7. The summed E-state index contributed by atoms with van der Waals surface area (Å²) in [6, 6.07) is 17.5. The standard InChI is InChI=1S/C13H11NO3S/c15-18(16,12-9-5-2-6-10-12)14-13(17-14)11-7-3-1-4-8-11/h1-10,13H/t13?,14-/m0/s1.